The van der Waals surface area contributed by atoms with Gasteiger partial charge in [0.05, 0.1) is 11.3 Å². The fourth-order valence-corrected chi connectivity index (χ4v) is 4.91. The summed E-state index contributed by atoms with van der Waals surface area (Å²) in [5.74, 6) is -0.972. The zero-order valence-corrected chi connectivity index (χ0v) is 15.9. The van der Waals surface area contributed by atoms with Crippen LogP contribution in [0.1, 0.15) is 31.8 Å². The summed E-state index contributed by atoms with van der Waals surface area (Å²) in [4.78, 5) is 26.6. The average Bonchev–Trinajstić information content (AvgIpc) is 2.67. The van der Waals surface area contributed by atoms with Crippen LogP contribution in [0.15, 0.2) is 75.4 Å². The Morgan fingerprint density at radius 1 is 0.821 bits per heavy atom. The van der Waals surface area contributed by atoms with Crippen molar-refractivity contribution < 1.29 is 22.6 Å². The van der Waals surface area contributed by atoms with Crippen molar-refractivity contribution in [2.24, 2.45) is 0 Å². The largest absolute Gasteiger partial charge is 0.397 e. The van der Waals surface area contributed by atoms with Gasteiger partial charge in [0.2, 0.25) is 0 Å². The number of hydrogen-bond acceptors (Lipinski definition) is 6. The molecule has 0 aliphatic heterocycles. The highest BCUT2D eigenvalue weighted by molar-refractivity contribution is 7.99. The summed E-state index contributed by atoms with van der Waals surface area (Å²) in [6.07, 6.45) is 0. The van der Waals surface area contributed by atoms with Crippen molar-refractivity contribution in [1.29, 1.82) is 0 Å². The van der Waals surface area contributed by atoms with Gasteiger partial charge in [-0.3, -0.25) is 14.1 Å². The molecule has 3 N–H and O–H groups in total. The highest BCUT2D eigenvalue weighted by Crippen LogP contribution is 2.42. The summed E-state index contributed by atoms with van der Waals surface area (Å²) >= 11 is 1.12. The second kappa shape index (κ2) is 6.59. The molecule has 0 saturated heterocycles. The van der Waals surface area contributed by atoms with E-state index in [4.69, 9.17) is 5.73 Å². The van der Waals surface area contributed by atoms with Crippen LogP contribution in [-0.4, -0.2) is 24.5 Å². The van der Waals surface area contributed by atoms with Crippen LogP contribution in [0.5, 0.6) is 0 Å². The number of hydrogen-bond donors (Lipinski definition) is 2. The lowest BCUT2D eigenvalue weighted by Gasteiger charge is -2.22. The van der Waals surface area contributed by atoms with Gasteiger partial charge in [-0.05, 0) is 18.2 Å². The zero-order valence-electron chi connectivity index (χ0n) is 14.2. The molecule has 1 aliphatic carbocycles. The van der Waals surface area contributed by atoms with E-state index in [9.17, 15) is 22.6 Å². The lowest BCUT2D eigenvalue weighted by Crippen LogP contribution is -2.24. The summed E-state index contributed by atoms with van der Waals surface area (Å²) in [7, 11) is -4.70. The normalized spacial score (nSPS) is 13.2. The predicted octanol–water partition coefficient (Wildman–Crippen LogP) is 3.44. The smallest absolute Gasteiger partial charge is 0.296 e. The Balaban J connectivity index is 2.05. The summed E-state index contributed by atoms with van der Waals surface area (Å²) in [6.45, 7) is 0. The highest BCUT2D eigenvalue weighted by Gasteiger charge is 2.36. The average molecular weight is 411 g/mol. The first-order chi connectivity index (χ1) is 13.3. The summed E-state index contributed by atoms with van der Waals surface area (Å²) in [5.41, 5.74) is 5.74. The maximum atomic E-state index is 13.1. The zero-order chi connectivity index (χ0) is 20.1. The monoisotopic (exact) mass is 411 g/mol. The molecule has 0 spiro atoms. The minimum absolute atomic E-state index is 0.0439. The minimum Gasteiger partial charge on any atom is -0.397 e. The molecule has 0 bridgehead atoms. The number of anilines is 1. The van der Waals surface area contributed by atoms with Crippen LogP contribution in [0.2, 0.25) is 0 Å². The van der Waals surface area contributed by atoms with E-state index >= 15 is 0 Å². The molecule has 0 atom stereocenters. The summed E-state index contributed by atoms with van der Waals surface area (Å²) in [5, 5.41) is 0. The van der Waals surface area contributed by atoms with Crippen molar-refractivity contribution >= 4 is 39.1 Å². The van der Waals surface area contributed by atoms with Crippen LogP contribution in [0, 0.1) is 0 Å². The molecule has 8 heteroatoms. The number of fused-ring (bicyclic) bond motifs is 2. The molecule has 140 valence electrons. The molecule has 0 amide bonds. The van der Waals surface area contributed by atoms with Gasteiger partial charge in [0.25, 0.3) is 10.1 Å². The maximum absolute atomic E-state index is 13.1. The Morgan fingerprint density at radius 3 is 1.93 bits per heavy atom. The van der Waals surface area contributed by atoms with Crippen molar-refractivity contribution in [3.63, 3.8) is 0 Å². The van der Waals surface area contributed by atoms with E-state index in [1.165, 1.54) is 6.07 Å². The Hall–Kier alpha value is -2.94. The molecule has 6 nitrogen and oxygen atoms in total. The fraction of sp³-hybridized carbons (Fsp3) is 0. The highest BCUT2D eigenvalue weighted by atomic mass is 32.2. The van der Waals surface area contributed by atoms with Crippen molar-refractivity contribution in [2.75, 3.05) is 5.73 Å². The van der Waals surface area contributed by atoms with E-state index in [-0.39, 0.29) is 27.1 Å². The maximum Gasteiger partial charge on any atom is 0.296 e. The lowest BCUT2D eigenvalue weighted by molar-refractivity contribution is 0.0977. The number of rotatable bonds is 3. The van der Waals surface area contributed by atoms with Crippen LogP contribution in [-0.2, 0) is 10.1 Å². The molecule has 0 unspecified atom stereocenters. The van der Waals surface area contributed by atoms with Crippen LogP contribution in [0.4, 0.5) is 5.69 Å². The van der Waals surface area contributed by atoms with Gasteiger partial charge >= 0.3 is 0 Å². The molecular formula is C20H13NO5S2. The van der Waals surface area contributed by atoms with E-state index in [1.807, 2.05) is 6.07 Å². The molecule has 3 aromatic rings. The van der Waals surface area contributed by atoms with E-state index in [1.54, 1.807) is 42.5 Å². The third-order valence-electron chi connectivity index (χ3n) is 4.41. The Labute approximate surface area is 165 Å². The topological polar surface area (TPSA) is 115 Å². The molecule has 28 heavy (non-hydrogen) atoms. The molecule has 0 saturated carbocycles. The quantitative estimate of drug-likeness (QED) is 0.392. The second-order valence-electron chi connectivity index (χ2n) is 6.13. The van der Waals surface area contributed by atoms with Gasteiger partial charge in [-0.2, -0.15) is 8.42 Å². The van der Waals surface area contributed by atoms with E-state index in [2.05, 4.69) is 0 Å². The first-order valence-corrected chi connectivity index (χ1v) is 10.4. The number of carbonyl (C=O) groups is 2. The van der Waals surface area contributed by atoms with Gasteiger partial charge in [0.15, 0.2) is 11.6 Å². The number of benzene rings is 3. The second-order valence-corrected chi connectivity index (χ2v) is 8.64. The van der Waals surface area contributed by atoms with Crippen molar-refractivity contribution in [2.45, 2.75) is 14.7 Å². The minimum atomic E-state index is -4.70. The van der Waals surface area contributed by atoms with Gasteiger partial charge in [0.1, 0.15) is 4.90 Å². The molecule has 1 aliphatic rings. The van der Waals surface area contributed by atoms with E-state index in [0.717, 1.165) is 22.7 Å². The molecule has 0 fully saturated rings. The number of nitrogen functional groups attached to an aromatic ring is 1. The SMILES string of the molecule is Nc1c(S(=O)(=O)O)cc(Sc2ccccc2)c2c1C(=O)c1ccccc1C2=O. The van der Waals surface area contributed by atoms with Crippen LogP contribution in [0.3, 0.4) is 0 Å². The molecular weight excluding hydrogens is 398 g/mol. The number of ketones is 2. The van der Waals surface area contributed by atoms with Gasteiger partial charge in [-0.1, -0.05) is 54.2 Å². The third-order valence-corrected chi connectivity index (χ3v) is 6.36. The van der Waals surface area contributed by atoms with Gasteiger partial charge < -0.3 is 5.73 Å². The number of carbonyl (C=O) groups excluding carboxylic acids is 2. The molecule has 0 aromatic heterocycles. The Kier molecular flexibility index (Phi) is 4.34. The van der Waals surface area contributed by atoms with Crippen LogP contribution < -0.4 is 5.73 Å². The lowest BCUT2D eigenvalue weighted by atomic mass is 9.83. The van der Waals surface area contributed by atoms with Gasteiger partial charge in [-0.15, -0.1) is 0 Å². The Bertz CT molecular complexity index is 1250. The van der Waals surface area contributed by atoms with Gasteiger partial charge in [0, 0.05) is 26.5 Å². The van der Waals surface area contributed by atoms with E-state index < -0.39 is 32.3 Å². The van der Waals surface area contributed by atoms with Crippen LogP contribution >= 0.6 is 11.8 Å². The van der Waals surface area contributed by atoms with Gasteiger partial charge in [-0.25, -0.2) is 0 Å². The van der Waals surface area contributed by atoms with Crippen molar-refractivity contribution in [3.8, 4) is 0 Å². The fourth-order valence-electron chi connectivity index (χ4n) is 3.17. The first-order valence-electron chi connectivity index (χ1n) is 8.14. The summed E-state index contributed by atoms with van der Waals surface area (Å²) < 4.78 is 33.3. The van der Waals surface area contributed by atoms with Crippen LogP contribution in [0.25, 0.3) is 0 Å². The standard InChI is InChI=1S/C20H13NO5S2/c21-18-15(28(24,25)26)10-14(27-11-6-2-1-3-7-11)16-17(18)20(23)13-9-5-4-8-12(13)19(16)22/h1-10H,21H2,(H,24,25,26). The first kappa shape index (κ1) is 18.4. The molecule has 0 radical (unpaired) electrons. The molecule has 3 aromatic carbocycles. The predicted molar refractivity (Wildman–Crippen MR) is 105 cm³/mol. The Morgan fingerprint density at radius 2 is 1.36 bits per heavy atom. The van der Waals surface area contributed by atoms with Crippen molar-refractivity contribution in [1.82, 2.24) is 0 Å². The van der Waals surface area contributed by atoms with E-state index in [0.29, 0.717) is 0 Å². The summed E-state index contributed by atoms with van der Waals surface area (Å²) in [6, 6.07) is 16.4. The number of nitrogens with two attached hydrogens (primary N) is 1. The molecule has 0 heterocycles. The third kappa shape index (κ3) is 2.91. The molecule has 4 rings (SSSR count). The van der Waals surface area contributed by atoms with Crippen molar-refractivity contribution in [3.05, 3.63) is 82.9 Å².